The minimum Gasteiger partial charge on any atom is -0.343 e. The molecule has 1 rings (SSSR count). The van der Waals surface area contributed by atoms with Crippen molar-refractivity contribution in [2.75, 3.05) is 20.1 Å². The molecule has 3 nitrogen and oxygen atoms in total. The molecule has 17 heavy (non-hydrogen) atoms. The number of carbonyl (C=O) groups excluding carboxylic acids is 1. The first-order valence-corrected chi connectivity index (χ1v) is 6.98. The second-order valence-corrected chi connectivity index (χ2v) is 5.72. The summed E-state index contributed by atoms with van der Waals surface area (Å²) in [4.78, 5) is 14.0. The lowest BCUT2D eigenvalue weighted by atomic mass is 9.93. The van der Waals surface area contributed by atoms with Crippen molar-refractivity contribution in [1.82, 2.24) is 10.2 Å². The van der Waals surface area contributed by atoms with E-state index in [4.69, 9.17) is 0 Å². The summed E-state index contributed by atoms with van der Waals surface area (Å²) in [7, 11) is 1.94. The molecule has 1 aliphatic rings. The van der Waals surface area contributed by atoms with Gasteiger partial charge in [-0.15, -0.1) is 0 Å². The van der Waals surface area contributed by atoms with Gasteiger partial charge >= 0.3 is 0 Å². The van der Waals surface area contributed by atoms with Gasteiger partial charge in [-0.1, -0.05) is 13.8 Å². The van der Waals surface area contributed by atoms with Crippen molar-refractivity contribution in [2.24, 2.45) is 11.8 Å². The van der Waals surface area contributed by atoms with Crippen molar-refractivity contribution in [3.8, 4) is 0 Å². The number of amides is 1. The van der Waals surface area contributed by atoms with Crippen LogP contribution in [0.5, 0.6) is 0 Å². The zero-order valence-corrected chi connectivity index (χ0v) is 11.8. The fourth-order valence-electron chi connectivity index (χ4n) is 2.35. The summed E-state index contributed by atoms with van der Waals surface area (Å²) in [6, 6.07) is 0.343. The predicted molar refractivity (Wildman–Crippen MR) is 71.9 cm³/mol. The fourth-order valence-corrected chi connectivity index (χ4v) is 2.35. The van der Waals surface area contributed by atoms with E-state index in [2.05, 4.69) is 26.1 Å². The Morgan fingerprint density at radius 1 is 1.29 bits per heavy atom. The molecule has 0 aromatic heterocycles. The molecule has 0 bridgehead atoms. The largest absolute Gasteiger partial charge is 0.343 e. The van der Waals surface area contributed by atoms with Gasteiger partial charge < -0.3 is 10.2 Å². The summed E-state index contributed by atoms with van der Waals surface area (Å²) in [5.74, 6) is 1.59. The van der Waals surface area contributed by atoms with Crippen molar-refractivity contribution in [3.63, 3.8) is 0 Å². The van der Waals surface area contributed by atoms with Crippen molar-refractivity contribution in [2.45, 2.75) is 52.5 Å². The molecule has 1 heterocycles. The second kappa shape index (κ2) is 7.00. The topological polar surface area (TPSA) is 32.3 Å². The molecule has 1 atom stereocenters. The highest BCUT2D eigenvalue weighted by Crippen LogP contribution is 2.19. The van der Waals surface area contributed by atoms with Crippen LogP contribution in [0.3, 0.4) is 0 Å². The Labute approximate surface area is 106 Å². The van der Waals surface area contributed by atoms with E-state index in [1.807, 2.05) is 11.9 Å². The van der Waals surface area contributed by atoms with E-state index in [9.17, 15) is 4.79 Å². The molecule has 100 valence electrons. The minimum absolute atomic E-state index is 0.310. The van der Waals surface area contributed by atoms with Gasteiger partial charge in [-0.3, -0.25) is 4.79 Å². The van der Waals surface area contributed by atoms with Crippen LogP contribution in [0.2, 0.25) is 0 Å². The molecule has 0 aromatic rings. The van der Waals surface area contributed by atoms with Gasteiger partial charge in [0, 0.05) is 19.5 Å². The Bertz CT molecular complexity index is 234. The maximum Gasteiger partial charge on any atom is 0.222 e. The van der Waals surface area contributed by atoms with E-state index in [1.54, 1.807) is 0 Å². The average molecular weight is 240 g/mol. The Balaban J connectivity index is 2.28. The average Bonchev–Trinajstić information content (AvgIpc) is 2.35. The second-order valence-electron chi connectivity index (χ2n) is 5.72. The van der Waals surface area contributed by atoms with E-state index in [0.29, 0.717) is 17.9 Å². The Morgan fingerprint density at radius 3 is 2.41 bits per heavy atom. The molecule has 0 aromatic carbocycles. The van der Waals surface area contributed by atoms with Gasteiger partial charge in [0.1, 0.15) is 0 Å². The van der Waals surface area contributed by atoms with Gasteiger partial charge in [-0.25, -0.2) is 0 Å². The number of nitrogens with one attached hydrogen (secondary N) is 1. The molecule has 0 saturated carbocycles. The summed E-state index contributed by atoms with van der Waals surface area (Å²) >= 11 is 0. The third-order valence-electron chi connectivity index (χ3n) is 4.19. The highest BCUT2D eigenvalue weighted by molar-refractivity contribution is 5.76. The van der Waals surface area contributed by atoms with Gasteiger partial charge in [-0.2, -0.15) is 0 Å². The number of nitrogens with zero attached hydrogens (tertiary/aromatic N) is 1. The summed E-state index contributed by atoms with van der Waals surface area (Å²) in [6.07, 6.45) is 4.25. The number of hydrogen-bond acceptors (Lipinski definition) is 2. The molecule has 1 saturated heterocycles. The lowest BCUT2D eigenvalue weighted by Gasteiger charge is -2.29. The zero-order valence-electron chi connectivity index (χ0n) is 11.8. The lowest BCUT2D eigenvalue weighted by Crippen LogP contribution is -2.38. The highest BCUT2D eigenvalue weighted by atomic mass is 16.2. The number of hydrogen-bond donors (Lipinski definition) is 1. The van der Waals surface area contributed by atoms with E-state index >= 15 is 0 Å². The molecule has 1 aliphatic heterocycles. The summed E-state index contributed by atoms with van der Waals surface area (Å²) in [5, 5.41) is 3.36. The van der Waals surface area contributed by atoms with Crippen LogP contribution in [0.25, 0.3) is 0 Å². The molecule has 0 radical (unpaired) electrons. The Kier molecular flexibility index (Phi) is 5.96. The van der Waals surface area contributed by atoms with Crippen LogP contribution >= 0.6 is 0 Å². The first kappa shape index (κ1) is 14.5. The van der Waals surface area contributed by atoms with Crippen LogP contribution in [0, 0.1) is 11.8 Å². The van der Waals surface area contributed by atoms with E-state index in [-0.39, 0.29) is 0 Å². The smallest absolute Gasteiger partial charge is 0.222 e. The van der Waals surface area contributed by atoms with E-state index < -0.39 is 0 Å². The van der Waals surface area contributed by atoms with Crippen molar-refractivity contribution in [1.29, 1.82) is 0 Å². The molecule has 1 unspecified atom stereocenters. The van der Waals surface area contributed by atoms with Crippen LogP contribution in [-0.2, 0) is 4.79 Å². The maximum absolute atomic E-state index is 12.0. The number of piperidine rings is 1. The van der Waals surface area contributed by atoms with Gasteiger partial charge in [0.05, 0.1) is 0 Å². The lowest BCUT2D eigenvalue weighted by molar-refractivity contribution is -0.132. The third kappa shape index (κ3) is 4.66. The van der Waals surface area contributed by atoms with E-state index in [0.717, 1.165) is 31.8 Å². The summed E-state index contributed by atoms with van der Waals surface area (Å²) in [6.45, 7) is 8.71. The van der Waals surface area contributed by atoms with Crippen molar-refractivity contribution >= 4 is 5.91 Å². The van der Waals surface area contributed by atoms with Gasteiger partial charge in [-0.05, 0) is 51.1 Å². The standard InChI is InChI=1S/C14H28N2O/c1-11(2)12(3)16(4)14(17)6-5-13-7-9-15-10-8-13/h11-13,15H,5-10H2,1-4H3. The molecule has 0 aliphatic carbocycles. The monoisotopic (exact) mass is 240 g/mol. The quantitative estimate of drug-likeness (QED) is 0.799. The molecular formula is C14H28N2O. The first-order valence-electron chi connectivity index (χ1n) is 6.98. The van der Waals surface area contributed by atoms with Gasteiger partial charge in [0.25, 0.3) is 0 Å². The van der Waals surface area contributed by atoms with Gasteiger partial charge in [0.2, 0.25) is 5.91 Å². The van der Waals surface area contributed by atoms with Crippen LogP contribution < -0.4 is 5.32 Å². The molecule has 3 heteroatoms. The predicted octanol–water partition coefficient (Wildman–Crippen LogP) is 2.27. The summed E-state index contributed by atoms with van der Waals surface area (Å²) in [5.41, 5.74) is 0. The van der Waals surface area contributed by atoms with Crippen molar-refractivity contribution in [3.05, 3.63) is 0 Å². The maximum atomic E-state index is 12.0. The van der Waals surface area contributed by atoms with Crippen molar-refractivity contribution < 1.29 is 4.79 Å². The molecule has 1 fully saturated rings. The molecule has 0 spiro atoms. The Hall–Kier alpha value is -0.570. The fraction of sp³-hybridized carbons (Fsp3) is 0.929. The molecular weight excluding hydrogens is 212 g/mol. The SMILES string of the molecule is CC(C)C(C)N(C)C(=O)CCC1CCNCC1. The van der Waals surface area contributed by atoms with Crippen LogP contribution in [-0.4, -0.2) is 37.0 Å². The number of rotatable bonds is 5. The first-order chi connectivity index (χ1) is 8.02. The highest BCUT2D eigenvalue weighted by Gasteiger charge is 2.20. The number of carbonyl (C=O) groups is 1. The Morgan fingerprint density at radius 2 is 1.88 bits per heavy atom. The molecule has 1 amide bonds. The van der Waals surface area contributed by atoms with Crippen LogP contribution in [0.15, 0.2) is 0 Å². The van der Waals surface area contributed by atoms with Crippen LogP contribution in [0.4, 0.5) is 0 Å². The zero-order chi connectivity index (χ0) is 12.8. The van der Waals surface area contributed by atoms with Gasteiger partial charge in [0.15, 0.2) is 0 Å². The molecule has 1 N–H and O–H groups in total. The van der Waals surface area contributed by atoms with Crippen LogP contribution in [0.1, 0.15) is 46.5 Å². The third-order valence-corrected chi connectivity index (χ3v) is 4.19. The normalized spacial score (nSPS) is 19.4. The summed E-state index contributed by atoms with van der Waals surface area (Å²) < 4.78 is 0. The minimum atomic E-state index is 0.310. The van der Waals surface area contributed by atoms with E-state index in [1.165, 1.54) is 12.8 Å².